The Morgan fingerprint density at radius 1 is 1.14 bits per heavy atom. The Labute approximate surface area is 159 Å². The van der Waals surface area contributed by atoms with Gasteiger partial charge in [0.05, 0.1) is 23.5 Å². The average Bonchev–Trinajstić information content (AvgIpc) is 3.12. The smallest absolute Gasteiger partial charge is 0.275 e. The van der Waals surface area contributed by atoms with Gasteiger partial charge in [0.1, 0.15) is 5.65 Å². The van der Waals surface area contributed by atoms with Gasteiger partial charge in [0, 0.05) is 25.1 Å². The van der Waals surface area contributed by atoms with Crippen molar-refractivity contribution in [1.82, 2.24) is 19.0 Å². The van der Waals surface area contributed by atoms with E-state index in [9.17, 15) is 22.0 Å². The molecule has 2 aromatic heterocycles. The van der Waals surface area contributed by atoms with Crippen LogP contribution < -0.4 is 5.32 Å². The molecule has 1 aromatic carbocycles. The number of hydrogen-bond acceptors (Lipinski definition) is 4. The Morgan fingerprint density at radius 3 is 2.54 bits per heavy atom. The number of amides is 1. The molecule has 1 aliphatic heterocycles. The molecule has 28 heavy (non-hydrogen) atoms. The molecular weight excluding hydrogens is 390 g/mol. The van der Waals surface area contributed by atoms with E-state index in [1.165, 1.54) is 12.1 Å². The number of benzene rings is 1. The third kappa shape index (κ3) is 3.48. The Hall–Kier alpha value is -2.85. The highest BCUT2D eigenvalue weighted by atomic mass is 32.2. The van der Waals surface area contributed by atoms with Crippen molar-refractivity contribution in [2.24, 2.45) is 0 Å². The topological polar surface area (TPSA) is 83.8 Å². The van der Waals surface area contributed by atoms with Crippen LogP contribution in [0.15, 0.2) is 59.9 Å². The van der Waals surface area contributed by atoms with Gasteiger partial charge >= 0.3 is 0 Å². The van der Waals surface area contributed by atoms with Gasteiger partial charge in [-0.1, -0.05) is 12.1 Å². The molecule has 0 spiro atoms. The molecule has 0 unspecified atom stereocenters. The lowest BCUT2D eigenvalue weighted by atomic mass is 10.2. The second kappa shape index (κ2) is 6.64. The van der Waals surface area contributed by atoms with Crippen molar-refractivity contribution in [3.63, 3.8) is 0 Å². The van der Waals surface area contributed by atoms with E-state index in [2.05, 4.69) is 10.3 Å². The summed E-state index contributed by atoms with van der Waals surface area (Å²) in [6, 6.07) is 9.19. The number of halogens is 2. The summed E-state index contributed by atoms with van der Waals surface area (Å²) >= 11 is 0. The summed E-state index contributed by atoms with van der Waals surface area (Å²) in [5.74, 6) is -3.24. The maximum absolute atomic E-state index is 12.9. The van der Waals surface area contributed by atoms with Crippen molar-refractivity contribution in [2.45, 2.75) is 17.4 Å². The molecule has 3 aromatic rings. The number of aromatic nitrogens is 2. The van der Waals surface area contributed by atoms with Crippen LogP contribution in [0.25, 0.3) is 5.65 Å². The molecule has 1 aliphatic rings. The third-order valence-corrected chi connectivity index (χ3v) is 6.29. The molecule has 4 rings (SSSR count). The molecular formula is C18H16F2N4O3S. The maximum atomic E-state index is 12.9. The van der Waals surface area contributed by atoms with Crippen LogP contribution in [0.5, 0.6) is 0 Å². The molecule has 7 nitrogen and oxygen atoms in total. The summed E-state index contributed by atoms with van der Waals surface area (Å²) in [6.07, 6.45) is 5.03. The van der Waals surface area contributed by atoms with Gasteiger partial charge in [-0.3, -0.25) is 4.79 Å². The quantitative estimate of drug-likeness (QED) is 0.702. The van der Waals surface area contributed by atoms with E-state index in [1.807, 2.05) is 0 Å². The van der Waals surface area contributed by atoms with Crippen molar-refractivity contribution in [1.29, 1.82) is 0 Å². The number of nitrogens with zero attached hydrogens (tertiary/aromatic N) is 3. The number of pyridine rings is 1. The lowest BCUT2D eigenvalue weighted by Gasteiger charge is -2.37. The normalized spacial score (nSPS) is 16.6. The zero-order valence-electron chi connectivity index (χ0n) is 14.5. The number of carbonyl (C=O) groups excluding carboxylic acids is 1. The Balaban J connectivity index is 1.40. The van der Waals surface area contributed by atoms with Crippen LogP contribution in [-0.4, -0.2) is 47.0 Å². The van der Waals surface area contributed by atoms with Gasteiger partial charge in [-0.05, 0) is 29.8 Å². The summed E-state index contributed by atoms with van der Waals surface area (Å²) in [4.78, 5) is 16.3. The SMILES string of the molecule is O=C(NCc1ccc(S(=O)(=O)N2CC(F)(F)C2)cc1)c1ccc2nccn2c1. The van der Waals surface area contributed by atoms with Crippen LogP contribution in [0.3, 0.4) is 0 Å². The molecule has 0 radical (unpaired) electrons. The summed E-state index contributed by atoms with van der Waals surface area (Å²) in [5.41, 5.74) is 1.88. The van der Waals surface area contributed by atoms with Crippen LogP contribution in [0.4, 0.5) is 8.78 Å². The zero-order valence-corrected chi connectivity index (χ0v) is 15.4. The summed E-state index contributed by atoms with van der Waals surface area (Å²) in [5, 5.41) is 2.75. The molecule has 0 atom stereocenters. The van der Waals surface area contributed by atoms with Crippen molar-refractivity contribution in [3.8, 4) is 0 Å². The molecule has 10 heteroatoms. The van der Waals surface area contributed by atoms with Crippen LogP contribution in [0.2, 0.25) is 0 Å². The van der Waals surface area contributed by atoms with Gasteiger partial charge in [0.15, 0.2) is 0 Å². The first kappa shape index (κ1) is 18.5. The number of imidazole rings is 1. The number of alkyl halides is 2. The second-order valence-electron chi connectivity index (χ2n) is 6.57. The van der Waals surface area contributed by atoms with E-state index in [1.54, 1.807) is 47.3 Å². The number of sulfonamides is 1. The fourth-order valence-electron chi connectivity index (χ4n) is 2.91. The molecule has 1 N–H and O–H groups in total. The number of nitrogens with one attached hydrogen (secondary N) is 1. The molecule has 1 fully saturated rings. The first-order chi connectivity index (χ1) is 13.2. The molecule has 0 aliphatic carbocycles. The number of rotatable bonds is 5. The lowest BCUT2D eigenvalue weighted by molar-refractivity contribution is -0.0945. The van der Waals surface area contributed by atoms with Gasteiger partial charge in [-0.15, -0.1) is 0 Å². The highest BCUT2D eigenvalue weighted by Gasteiger charge is 2.49. The lowest BCUT2D eigenvalue weighted by Crippen LogP contribution is -2.58. The van der Waals surface area contributed by atoms with Gasteiger partial charge < -0.3 is 9.72 Å². The summed E-state index contributed by atoms with van der Waals surface area (Å²) < 4.78 is 52.9. The van der Waals surface area contributed by atoms with Crippen molar-refractivity contribution >= 4 is 21.6 Å². The third-order valence-electron chi connectivity index (χ3n) is 4.48. The minimum atomic E-state index is -3.92. The number of fused-ring (bicyclic) bond motifs is 1. The molecule has 146 valence electrons. The highest BCUT2D eigenvalue weighted by Crippen LogP contribution is 2.32. The first-order valence-corrected chi connectivity index (χ1v) is 9.86. The number of hydrogen-bond donors (Lipinski definition) is 1. The van der Waals surface area contributed by atoms with Crippen molar-refractivity contribution in [2.75, 3.05) is 13.1 Å². The van der Waals surface area contributed by atoms with Crippen LogP contribution in [-0.2, 0) is 16.6 Å². The molecule has 0 bridgehead atoms. The van der Waals surface area contributed by atoms with Gasteiger partial charge in [0.25, 0.3) is 11.8 Å². The van der Waals surface area contributed by atoms with Crippen LogP contribution in [0.1, 0.15) is 15.9 Å². The van der Waals surface area contributed by atoms with E-state index < -0.39 is 29.0 Å². The van der Waals surface area contributed by atoms with E-state index in [-0.39, 0.29) is 17.3 Å². The predicted octanol–water partition coefficient (Wildman–Crippen LogP) is 1.90. The van der Waals surface area contributed by atoms with E-state index >= 15 is 0 Å². The summed E-state index contributed by atoms with van der Waals surface area (Å²) in [7, 11) is -3.92. The largest absolute Gasteiger partial charge is 0.348 e. The minimum absolute atomic E-state index is 0.0522. The molecule has 1 saturated heterocycles. The molecule has 0 saturated carbocycles. The fraction of sp³-hybridized carbons (Fsp3) is 0.222. The average molecular weight is 406 g/mol. The number of carbonyl (C=O) groups is 1. The Kier molecular flexibility index (Phi) is 4.39. The van der Waals surface area contributed by atoms with E-state index in [0.717, 1.165) is 9.95 Å². The Morgan fingerprint density at radius 2 is 1.86 bits per heavy atom. The monoisotopic (exact) mass is 406 g/mol. The van der Waals surface area contributed by atoms with E-state index in [0.29, 0.717) is 11.1 Å². The zero-order chi connectivity index (χ0) is 19.9. The maximum Gasteiger partial charge on any atom is 0.275 e. The molecule has 1 amide bonds. The van der Waals surface area contributed by atoms with Crippen molar-refractivity contribution in [3.05, 3.63) is 66.1 Å². The fourth-order valence-corrected chi connectivity index (χ4v) is 4.40. The van der Waals surface area contributed by atoms with E-state index in [4.69, 9.17) is 0 Å². The van der Waals surface area contributed by atoms with Gasteiger partial charge in [-0.2, -0.15) is 4.31 Å². The van der Waals surface area contributed by atoms with Crippen LogP contribution in [0, 0.1) is 0 Å². The minimum Gasteiger partial charge on any atom is -0.348 e. The highest BCUT2D eigenvalue weighted by molar-refractivity contribution is 7.89. The second-order valence-corrected chi connectivity index (χ2v) is 8.50. The van der Waals surface area contributed by atoms with Gasteiger partial charge in [0.2, 0.25) is 10.0 Å². The van der Waals surface area contributed by atoms with Gasteiger partial charge in [-0.25, -0.2) is 22.2 Å². The molecule has 3 heterocycles. The standard InChI is InChI=1S/C18H16F2N4O3S/c19-18(20)11-24(12-18)28(26,27)15-4-1-13(2-5-15)9-22-17(25)14-3-6-16-21-7-8-23(16)10-14/h1-8,10H,9,11-12H2,(H,22,25). The first-order valence-electron chi connectivity index (χ1n) is 8.42. The Bertz CT molecular complexity index is 1140. The van der Waals surface area contributed by atoms with Crippen molar-refractivity contribution < 1.29 is 22.0 Å². The summed E-state index contributed by atoms with van der Waals surface area (Å²) in [6.45, 7) is -1.40. The van der Waals surface area contributed by atoms with Crippen LogP contribution >= 0.6 is 0 Å². The predicted molar refractivity (Wildman–Crippen MR) is 96.5 cm³/mol.